The number of anilines is 1. The second-order valence-corrected chi connectivity index (χ2v) is 4.80. The molecule has 0 amide bonds. The lowest BCUT2D eigenvalue weighted by atomic mass is 9.85. The Bertz CT molecular complexity index is 443. The molecule has 0 bridgehead atoms. The third-order valence-electron chi connectivity index (χ3n) is 3.61. The molecule has 1 fully saturated rings. The van der Waals surface area contributed by atoms with Crippen LogP contribution in [0.5, 0.6) is 0 Å². The van der Waals surface area contributed by atoms with Crippen LogP contribution in [0.25, 0.3) is 0 Å². The zero-order valence-corrected chi connectivity index (χ0v) is 10.5. The predicted octanol–water partition coefficient (Wildman–Crippen LogP) is 3.15. The van der Waals surface area contributed by atoms with Crippen molar-refractivity contribution in [3.8, 4) is 0 Å². The molecule has 3 nitrogen and oxygen atoms in total. The van der Waals surface area contributed by atoms with Crippen molar-refractivity contribution in [2.45, 2.75) is 26.2 Å². The summed E-state index contributed by atoms with van der Waals surface area (Å²) in [6.07, 6.45) is 3.68. The zero-order chi connectivity index (χ0) is 13.1. The van der Waals surface area contributed by atoms with E-state index in [-0.39, 0.29) is 5.56 Å². The molecule has 1 aromatic carbocycles. The molecule has 4 heteroatoms. The third kappa shape index (κ3) is 2.63. The number of carboxylic acid groups (broad SMARTS) is 1. The Labute approximate surface area is 106 Å². The fourth-order valence-corrected chi connectivity index (χ4v) is 2.34. The summed E-state index contributed by atoms with van der Waals surface area (Å²) in [7, 11) is 0. The van der Waals surface area contributed by atoms with Gasteiger partial charge in [-0.3, -0.25) is 0 Å². The molecule has 1 aromatic rings. The molecule has 0 saturated heterocycles. The monoisotopic (exact) mass is 251 g/mol. The number of rotatable bonds is 5. The van der Waals surface area contributed by atoms with Crippen LogP contribution in [0, 0.1) is 11.7 Å². The molecule has 0 heterocycles. The van der Waals surface area contributed by atoms with Crippen molar-refractivity contribution in [1.82, 2.24) is 0 Å². The fraction of sp³-hybridized carbons (Fsp3) is 0.500. The number of hydrogen-bond donors (Lipinski definition) is 1. The average molecular weight is 251 g/mol. The molecule has 1 N–H and O–H groups in total. The van der Waals surface area contributed by atoms with E-state index in [1.807, 2.05) is 11.8 Å². The van der Waals surface area contributed by atoms with E-state index in [1.165, 1.54) is 25.3 Å². The molecule has 0 atom stereocenters. The summed E-state index contributed by atoms with van der Waals surface area (Å²) in [5.74, 6) is -0.927. The van der Waals surface area contributed by atoms with Crippen LogP contribution in [0.1, 0.15) is 36.5 Å². The normalized spacial score (nSPS) is 15.2. The largest absolute Gasteiger partial charge is 0.478 e. The van der Waals surface area contributed by atoms with Gasteiger partial charge in [-0.05, 0) is 43.9 Å². The summed E-state index contributed by atoms with van der Waals surface area (Å²) < 4.78 is 13.1. The summed E-state index contributed by atoms with van der Waals surface area (Å²) in [4.78, 5) is 13.2. The van der Waals surface area contributed by atoms with Gasteiger partial charge < -0.3 is 10.0 Å². The van der Waals surface area contributed by atoms with Gasteiger partial charge in [-0.25, -0.2) is 9.18 Å². The first kappa shape index (κ1) is 12.9. The van der Waals surface area contributed by atoms with Crippen molar-refractivity contribution in [2.24, 2.45) is 5.92 Å². The first-order valence-electron chi connectivity index (χ1n) is 6.39. The van der Waals surface area contributed by atoms with E-state index >= 15 is 0 Å². The van der Waals surface area contributed by atoms with Gasteiger partial charge in [-0.2, -0.15) is 0 Å². The zero-order valence-electron chi connectivity index (χ0n) is 10.5. The van der Waals surface area contributed by atoms with Crippen LogP contribution in [0.4, 0.5) is 10.1 Å². The van der Waals surface area contributed by atoms with Gasteiger partial charge in [0.2, 0.25) is 0 Å². The maximum atomic E-state index is 13.1. The van der Waals surface area contributed by atoms with Gasteiger partial charge in [0.25, 0.3) is 0 Å². The van der Waals surface area contributed by atoms with Crippen molar-refractivity contribution >= 4 is 11.7 Å². The number of benzene rings is 1. The molecule has 0 aliphatic heterocycles. The molecule has 2 rings (SSSR count). The van der Waals surface area contributed by atoms with Gasteiger partial charge in [0.15, 0.2) is 0 Å². The molecule has 0 radical (unpaired) electrons. The maximum Gasteiger partial charge on any atom is 0.337 e. The van der Waals surface area contributed by atoms with Gasteiger partial charge in [0.1, 0.15) is 5.82 Å². The van der Waals surface area contributed by atoms with Crippen molar-refractivity contribution in [2.75, 3.05) is 18.0 Å². The number of nitrogens with zero attached hydrogens (tertiary/aromatic N) is 1. The molecular weight excluding hydrogens is 233 g/mol. The fourth-order valence-electron chi connectivity index (χ4n) is 2.34. The van der Waals surface area contributed by atoms with E-state index in [9.17, 15) is 9.18 Å². The second-order valence-electron chi connectivity index (χ2n) is 4.80. The summed E-state index contributed by atoms with van der Waals surface area (Å²) in [6.45, 7) is 3.60. The minimum absolute atomic E-state index is 0.0520. The van der Waals surface area contributed by atoms with E-state index in [0.717, 1.165) is 19.2 Å². The van der Waals surface area contributed by atoms with Crippen LogP contribution in [0.3, 0.4) is 0 Å². The van der Waals surface area contributed by atoms with Gasteiger partial charge in [-0.15, -0.1) is 0 Å². The van der Waals surface area contributed by atoms with Crippen LogP contribution in [-0.2, 0) is 0 Å². The van der Waals surface area contributed by atoms with Gasteiger partial charge in [-0.1, -0.05) is 6.42 Å². The Kier molecular flexibility index (Phi) is 3.84. The molecule has 18 heavy (non-hydrogen) atoms. The Balaban J connectivity index is 2.25. The maximum absolute atomic E-state index is 13.1. The molecule has 0 aromatic heterocycles. The summed E-state index contributed by atoms with van der Waals surface area (Å²) in [5, 5.41) is 9.15. The lowest BCUT2D eigenvalue weighted by molar-refractivity contribution is 0.0697. The first-order valence-corrected chi connectivity index (χ1v) is 6.39. The Hall–Kier alpha value is -1.58. The highest BCUT2D eigenvalue weighted by Crippen LogP contribution is 2.30. The highest BCUT2D eigenvalue weighted by Gasteiger charge is 2.23. The SMILES string of the molecule is CCN(CC1CCC1)c1ccc(F)cc1C(=O)O. The average Bonchev–Trinajstić information content (AvgIpc) is 2.28. The van der Waals surface area contributed by atoms with Crippen LogP contribution >= 0.6 is 0 Å². The number of hydrogen-bond acceptors (Lipinski definition) is 2. The number of carboxylic acids is 1. The van der Waals surface area contributed by atoms with Crippen molar-refractivity contribution in [3.05, 3.63) is 29.6 Å². The van der Waals surface area contributed by atoms with E-state index in [4.69, 9.17) is 5.11 Å². The van der Waals surface area contributed by atoms with Gasteiger partial charge >= 0.3 is 5.97 Å². The van der Waals surface area contributed by atoms with Gasteiger partial charge in [0.05, 0.1) is 11.3 Å². The topological polar surface area (TPSA) is 40.5 Å². The molecule has 98 valence electrons. The highest BCUT2D eigenvalue weighted by atomic mass is 19.1. The number of carbonyl (C=O) groups is 1. The van der Waals surface area contributed by atoms with E-state index in [0.29, 0.717) is 11.6 Å². The van der Waals surface area contributed by atoms with E-state index < -0.39 is 11.8 Å². The number of halogens is 1. The van der Waals surface area contributed by atoms with E-state index in [1.54, 1.807) is 6.07 Å². The van der Waals surface area contributed by atoms with E-state index in [2.05, 4.69) is 0 Å². The van der Waals surface area contributed by atoms with Crippen LogP contribution < -0.4 is 4.90 Å². The summed E-state index contributed by atoms with van der Waals surface area (Å²) in [5.41, 5.74) is 0.675. The lowest BCUT2D eigenvalue weighted by Crippen LogP contribution is -2.33. The van der Waals surface area contributed by atoms with Crippen LogP contribution in [-0.4, -0.2) is 24.2 Å². The Morgan fingerprint density at radius 1 is 1.50 bits per heavy atom. The minimum Gasteiger partial charge on any atom is -0.478 e. The smallest absolute Gasteiger partial charge is 0.337 e. The summed E-state index contributed by atoms with van der Waals surface area (Å²) >= 11 is 0. The standard InChI is InChI=1S/C14H18FNO2/c1-2-16(9-10-4-3-5-10)13-7-6-11(15)8-12(13)14(17)18/h6-8,10H,2-5,9H2,1H3,(H,17,18). The quantitative estimate of drug-likeness (QED) is 0.874. The van der Waals surface area contributed by atoms with Crippen molar-refractivity contribution in [3.63, 3.8) is 0 Å². The van der Waals surface area contributed by atoms with Gasteiger partial charge in [0, 0.05) is 13.1 Å². The Morgan fingerprint density at radius 2 is 2.22 bits per heavy atom. The highest BCUT2D eigenvalue weighted by molar-refractivity contribution is 5.94. The minimum atomic E-state index is -1.07. The Morgan fingerprint density at radius 3 is 2.72 bits per heavy atom. The first-order chi connectivity index (χ1) is 8.61. The van der Waals surface area contributed by atoms with Crippen LogP contribution in [0.15, 0.2) is 18.2 Å². The number of aromatic carboxylic acids is 1. The molecule has 1 aliphatic carbocycles. The summed E-state index contributed by atoms with van der Waals surface area (Å²) in [6, 6.07) is 3.99. The predicted molar refractivity (Wildman–Crippen MR) is 68.6 cm³/mol. The van der Waals surface area contributed by atoms with Crippen molar-refractivity contribution in [1.29, 1.82) is 0 Å². The molecule has 0 spiro atoms. The molecule has 1 saturated carbocycles. The molecular formula is C14H18FNO2. The third-order valence-corrected chi connectivity index (χ3v) is 3.61. The van der Waals surface area contributed by atoms with Crippen LogP contribution in [0.2, 0.25) is 0 Å². The molecule has 1 aliphatic rings. The lowest BCUT2D eigenvalue weighted by Gasteiger charge is -2.33. The molecule has 0 unspecified atom stereocenters. The van der Waals surface area contributed by atoms with Crippen molar-refractivity contribution < 1.29 is 14.3 Å². The second kappa shape index (κ2) is 5.38.